The first kappa shape index (κ1) is 13.5. The zero-order chi connectivity index (χ0) is 12.1. The molecule has 1 aliphatic heterocycles. The summed E-state index contributed by atoms with van der Waals surface area (Å²) in [4.78, 5) is 13.5. The number of carbonyl (C=O) groups excluding carboxylic acids is 1. The van der Waals surface area contributed by atoms with Crippen LogP contribution in [0.5, 0.6) is 0 Å². The molecule has 0 aromatic carbocycles. The number of hydrogen-bond acceptors (Lipinski definition) is 2. The first-order chi connectivity index (χ1) is 7.54. The monoisotopic (exact) mass is 226 g/mol. The maximum absolute atomic E-state index is 11.5. The summed E-state index contributed by atoms with van der Waals surface area (Å²) in [5.74, 6) is 1.52. The van der Waals surface area contributed by atoms with Gasteiger partial charge in [0.25, 0.3) is 0 Å². The van der Waals surface area contributed by atoms with Gasteiger partial charge in [0.05, 0.1) is 0 Å². The Kier molecular flexibility index (Phi) is 5.26. The van der Waals surface area contributed by atoms with Crippen molar-refractivity contribution in [1.82, 2.24) is 10.2 Å². The summed E-state index contributed by atoms with van der Waals surface area (Å²) >= 11 is 0. The van der Waals surface area contributed by atoms with Gasteiger partial charge in [-0.25, -0.2) is 0 Å². The van der Waals surface area contributed by atoms with Crippen LogP contribution in [0.15, 0.2) is 0 Å². The van der Waals surface area contributed by atoms with Crippen LogP contribution < -0.4 is 5.32 Å². The van der Waals surface area contributed by atoms with Crippen LogP contribution in [0.2, 0.25) is 0 Å². The van der Waals surface area contributed by atoms with Gasteiger partial charge in [0.15, 0.2) is 0 Å². The van der Waals surface area contributed by atoms with E-state index in [4.69, 9.17) is 0 Å². The number of likely N-dealkylation sites (tertiary alicyclic amines) is 1. The van der Waals surface area contributed by atoms with E-state index < -0.39 is 0 Å². The molecule has 1 aliphatic rings. The maximum Gasteiger partial charge on any atom is 0.219 e. The van der Waals surface area contributed by atoms with Crippen molar-refractivity contribution >= 4 is 5.91 Å². The van der Waals surface area contributed by atoms with Crippen molar-refractivity contribution in [1.29, 1.82) is 0 Å². The maximum atomic E-state index is 11.5. The highest BCUT2D eigenvalue weighted by atomic mass is 16.2. The summed E-state index contributed by atoms with van der Waals surface area (Å²) in [6, 6.07) is 0.491. The van der Waals surface area contributed by atoms with Crippen molar-refractivity contribution in [3.63, 3.8) is 0 Å². The van der Waals surface area contributed by atoms with E-state index in [0.717, 1.165) is 26.1 Å². The van der Waals surface area contributed by atoms with Crippen LogP contribution in [-0.2, 0) is 4.79 Å². The molecule has 2 atom stereocenters. The fourth-order valence-electron chi connectivity index (χ4n) is 2.37. The van der Waals surface area contributed by atoms with E-state index in [2.05, 4.69) is 26.1 Å². The second-order valence-electron chi connectivity index (χ2n) is 5.31. The summed E-state index contributed by atoms with van der Waals surface area (Å²) < 4.78 is 0. The second kappa shape index (κ2) is 6.24. The van der Waals surface area contributed by atoms with Gasteiger partial charge in [-0.2, -0.15) is 0 Å². The highest BCUT2D eigenvalue weighted by Gasteiger charge is 2.29. The van der Waals surface area contributed by atoms with E-state index in [1.807, 2.05) is 4.90 Å². The predicted octanol–water partition coefficient (Wildman–Crippen LogP) is 1.88. The van der Waals surface area contributed by atoms with Crippen LogP contribution in [0.25, 0.3) is 0 Å². The molecule has 1 fully saturated rings. The molecule has 0 saturated carbocycles. The highest BCUT2D eigenvalue weighted by Crippen LogP contribution is 2.23. The molecule has 1 heterocycles. The minimum absolute atomic E-state index is 0.216. The summed E-state index contributed by atoms with van der Waals surface area (Å²) in [6.45, 7) is 11.3. The summed E-state index contributed by atoms with van der Waals surface area (Å²) in [6.07, 6.45) is 2.37. The Labute approximate surface area is 99.6 Å². The third-order valence-electron chi connectivity index (χ3n) is 3.55. The molecule has 3 nitrogen and oxygen atoms in total. The molecular weight excluding hydrogens is 200 g/mol. The minimum atomic E-state index is 0.216. The third-order valence-corrected chi connectivity index (χ3v) is 3.55. The van der Waals surface area contributed by atoms with Crippen molar-refractivity contribution in [2.24, 2.45) is 11.8 Å². The zero-order valence-corrected chi connectivity index (χ0v) is 11.1. The van der Waals surface area contributed by atoms with Gasteiger partial charge in [-0.3, -0.25) is 4.79 Å². The molecule has 0 aromatic heterocycles. The first-order valence-electron chi connectivity index (χ1n) is 6.53. The molecule has 0 spiro atoms. The topological polar surface area (TPSA) is 32.3 Å². The lowest BCUT2D eigenvalue weighted by molar-refractivity contribution is -0.131. The van der Waals surface area contributed by atoms with Crippen LogP contribution in [0.3, 0.4) is 0 Å². The molecule has 16 heavy (non-hydrogen) atoms. The predicted molar refractivity (Wildman–Crippen MR) is 67.3 cm³/mol. The zero-order valence-electron chi connectivity index (χ0n) is 11.1. The number of nitrogens with zero attached hydrogens (tertiary/aromatic N) is 1. The molecule has 0 aromatic rings. The molecule has 1 rings (SSSR count). The van der Waals surface area contributed by atoms with Crippen LogP contribution in [0, 0.1) is 11.8 Å². The molecule has 2 unspecified atom stereocenters. The Morgan fingerprint density at radius 2 is 2.12 bits per heavy atom. The Hall–Kier alpha value is -0.570. The number of rotatable bonds is 4. The van der Waals surface area contributed by atoms with E-state index >= 15 is 0 Å². The molecule has 0 radical (unpaired) electrons. The summed E-state index contributed by atoms with van der Waals surface area (Å²) in [7, 11) is 0. The molecule has 1 N–H and O–H groups in total. The van der Waals surface area contributed by atoms with E-state index in [1.54, 1.807) is 6.92 Å². The lowest BCUT2D eigenvalue weighted by Crippen LogP contribution is -2.51. The van der Waals surface area contributed by atoms with Crippen molar-refractivity contribution in [2.45, 2.75) is 46.6 Å². The number of amides is 1. The van der Waals surface area contributed by atoms with Crippen LogP contribution >= 0.6 is 0 Å². The van der Waals surface area contributed by atoms with Gasteiger partial charge in [-0.1, -0.05) is 20.8 Å². The molecule has 1 amide bonds. The van der Waals surface area contributed by atoms with Crippen LogP contribution in [0.1, 0.15) is 40.5 Å². The van der Waals surface area contributed by atoms with Gasteiger partial charge in [-0.15, -0.1) is 0 Å². The highest BCUT2D eigenvalue weighted by molar-refractivity contribution is 5.73. The van der Waals surface area contributed by atoms with Crippen LogP contribution in [-0.4, -0.2) is 36.5 Å². The Morgan fingerprint density at radius 3 is 2.62 bits per heavy atom. The van der Waals surface area contributed by atoms with Gasteiger partial charge in [-0.05, 0) is 31.2 Å². The van der Waals surface area contributed by atoms with Gasteiger partial charge < -0.3 is 10.2 Å². The van der Waals surface area contributed by atoms with E-state index in [0.29, 0.717) is 17.9 Å². The number of nitrogens with one attached hydrogen (secondary N) is 1. The third kappa shape index (κ3) is 3.78. The average Bonchev–Trinajstić information content (AvgIpc) is 2.25. The summed E-state index contributed by atoms with van der Waals surface area (Å²) in [5.41, 5.74) is 0. The second-order valence-corrected chi connectivity index (χ2v) is 5.31. The molecule has 94 valence electrons. The van der Waals surface area contributed by atoms with Gasteiger partial charge in [0.2, 0.25) is 5.91 Å². The van der Waals surface area contributed by atoms with Crippen molar-refractivity contribution in [3.05, 3.63) is 0 Å². The molecular formula is C13H26N2O. The minimum Gasteiger partial charge on any atom is -0.341 e. The Balaban J connectivity index is 2.55. The molecule has 0 bridgehead atoms. The number of hydrogen-bond donors (Lipinski definition) is 1. The fourth-order valence-corrected chi connectivity index (χ4v) is 2.37. The number of carbonyl (C=O) groups is 1. The normalized spacial score (nSPS) is 26.2. The molecule has 0 aliphatic carbocycles. The lowest BCUT2D eigenvalue weighted by Gasteiger charge is -2.39. The van der Waals surface area contributed by atoms with Gasteiger partial charge in [0.1, 0.15) is 0 Å². The quantitative estimate of drug-likeness (QED) is 0.794. The lowest BCUT2D eigenvalue weighted by atomic mass is 9.85. The Bertz CT molecular complexity index is 228. The van der Waals surface area contributed by atoms with Gasteiger partial charge >= 0.3 is 0 Å². The first-order valence-corrected chi connectivity index (χ1v) is 6.53. The fraction of sp³-hybridized carbons (Fsp3) is 0.923. The molecule has 3 heteroatoms. The van der Waals surface area contributed by atoms with Crippen molar-refractivity contribution in [3.8, 4) is 0 Å². The summed E-state index contributed by atoms with van der Waals surface area (Å²) in [5, 5.41) is 3.55. The van der Waals surface area contributed by atoms with E-state index in [1.165, 1.54) is 6.42 Å². The Morgan fingerprint density at radius 1 is 1.44 bits per heavy atom. The van der Waals surface area contributed by atoms with Gasteiger partial charge in [0, 0.05) is 26.1 Å². The number of piperidine rings is 1. The van der Waals surface area contributed by atoms with E-state index in [9.17, 15) is 4.79 Å². The smallest absolute Gasteiger partial charge is 0.219 e. The molecule has 1 saturated heterocycles. The standard InChI is InChI=1S/C13H26N2O/c1-5-6-14-13-7-12(10(2)3)8-15(9-13)11(4)16/h10,12-14H,5-9H2,1-4H3. The van der Waals surface area contributed by atoms with E-state index in [-0.39, 0.29) is 5.91 Å². The largest absolute Gasteiger partial charge is 0.341 e. The average molecular weight is 226 g/mol. The van der Waals surface area contributed by atoms with Crippen molar-refractivity contribution < 1.29 is 4.79 Å². The SMILES string of the molecule is CCCNC1CC(C(C)C)CN(C(C)=O)C1. The van der Waals surface area contributed by atoms with Crippen LogP contribution in [0.4, 0.5) is 0 Å². The van der Waals surface area contributed by atoms with Crippen molar-refractivity contribution in [2.75, 3.05) is 19.6 Å².